The number of nitrogens with zero attached hydrogens (tertiary/aromatic N) is 2. The Morgan fingerprint density at radius 2 is 1.56 bits per heavy atom. The summed E-state index contributed by atoms with van der Waals surface area (Å²) < 4.78 is 43.0. The largest absolute Gasteiger partial charge is 0.379 e. The molecule has 3 aromatic carbocycles. The third kappa shape index (κ3) is 7.54. The van der Waals surface area contributed by atoms with E-state index in [1.807, 2.05) is 49.3 Å². The van der Waals surface area contributed by atoms with E-state index in [0.717, 1.165) is 35.4 Å². The van der Waals surface area contributed by atoms with Crippen molar-refractivity contribution in [2.24, 2.45) is 0 Å². The molecule has 0 spiro atoms. The number of rotatable bonds is 10. The van der Waals surface area contributed by atoms with Gasteiger partial charge >= 0.3 is 10.1 Å². The fourth-order valence-electron chi connectivity index (χ4n) is 3.07. The first-order valence-corrected chi connectivity index (χ1v) is 12.1. The van der Waals surface area contributed by atoms with Gasteiger partial charge in [-0.05, 0) is 67.7 Å². The van der Waals surface area contributed by atoms with Crippen molar-refractivity contribution in [3.05, 3.63) is 102 Å². The van der Waals surface area contributed by atoms with E-state index in [0.29, 0.717) is 19.6 Å². The Morgan fingerprint density at radius 1 is 0.912 bits per heavy atom. The van der Waals surface area contributed by atoms with Crippen LogP contribution in [0.5, 0.6) is 5.75 Å². The first kappa shape index (κ1) is 25.1. The van der Waals surface area contributed by atoms with E-state index in [1.54, 1.807) is 29.2 Å². The normalized spacial score (nSPS) is 11.6. The van der Waals surface area contributed by atoms with Crippen LogP contribution >= 0.6 is 0 Å². The second kappa shape index (κ2) is 11.6. The Kier molecular flexibility index (Phi) is 8.56. The molecule has 0 heterocycles. The summed E-state index contributed by atoms with van der Waals surface area (Å²) in [6, 6.07) is 20.5. The minimum absolute atomic E-state index is 0.120. The van der Waals surface area contributed by atoms with Crippen LogP contribution < -0.4 is 4.18 Å². The molecular formula is C26H27FN2O4S. The first-order valence-electron chi connectivity index (χ1n) is 10.7. The van der Waals surface area contributed by atoms with Gasteiger partial charge in [-0.1, -0.05) is 42.5 Å². The maximum absolute atomic E-state index is 13.1. The van der Waals surface area contributed by atoms with Gasteiger partial charge in [0.15, 0.2) is 0 Å². The molecular weight excluding hydrogens is 455 g/mol. The van der Waals surface area contributed by atoms with Crippen LogP contribution in [0.1, 0.15) is 11.1 Å². The number of carbonyl (C=O) groups excluding carboxylic acids is 1. The summed E-state index contributed by atoms with van der Waals surface area (Å²) in [5.41, 5.74) is 1.76. The number of carbonyl (C=O) groups is 1. The third-order valence-corrected chi connectivity index (χ3v) is 6.21. The van der Waals surface area contributed by atoms with Crippen LogP contribution in [0, 0.1) is 5.82 Å². The molecule has 0 saturated heterocycles. The summed E-state index contributed by atoms with van der Waals surface area (Å²) in [5.74, 6) is -0.525. The molecule has 0 aromatic heterocycles. The van der Waals surface area contributed by atoms with Gasteiger partial charge in [0.05, 0.1) is 0 Å². The maximum Gasteiger partial charge on any atom is 0.339 e. The molecule has 3 aromatic rings. The van der Waals surface area contributed by atoms with E-state index in [2.05, 4.69) is 0 Å². The number of hydrogen-bond donors (Lipinski definition) is 0. The van der Waals surface area contributed by atoms with E-state index in [-0.39, 0.29) is 16.6 Å². The lowest BCUT2D eigenvalue weighted by Gasteiger charge is -2.23. The molecule has 0 N–H and O–H groups in total. The average molecular weight is 483 g/mol. The molecule has 0 unspecified atom stereocenters. The number of benzene rings is 3. The molecule has 1 amide bonds. The standard InChI is InChI=1S/C26H27FN2O4S/c1-28(2)18-19-29(26(30)17-10-21-6-4-3-5-7-21)20-22-8-13-24(14-9-22)33-34(31,32)25-15-11-23(27)12-16-25/h3-17H,18-20H2,1-2H3/b17-10+. The Balaban J connectivity index is 1.69. The van der Waals surface area contributed by atoms with Crippen molar-refractivity contribution in [1.29, 1.82) is 0 Å². The highest BCUT2D eigenvalue weighted by atomic mass is 32.2. The molecule has 0 bridgehead atoms. The minimum atomic E-state index is -4.08. The number of amides is 1. The maximum atomic E-state index is 13.1. The first-order chi connectivity index (χ1) is 16.2. The molecule has 178 valence electrons. The van der Waals surface area contributed by atoms with Crippen LogP contribution in [0.4, 0.5) is 4.39 Å². The predicted octanol–water partition coefficient (Wildman–Crippen LogP) is 4.20. The molecule has 0 fully saturated rings. The van der Waals surface area contributed by atoms with Gasteiger partial charge in [-0.3, -0.25) is 4.79 Å². The van der Waals surface area contributed by atoms with E-state index in [9.17, 15) is 17.6 Å². The predicted molar refractivity (Wildman–Crippen MR) is 130 cm³/mol. The lowest BCUT2D eigenvalue weighted by Crippen LogP contribution is -2.35. The molecule has 6 nitrogen and oxygen atoms in total. The number of likely N-dealkylation sites (N-methyl/N-ethyl adjacent to an activating group) is 1. The molecule has 3 rings (SSSR count). The van der Waals surface area contributed by atoms with Crippen molar-refractivity contribution in [3.63, 3.8) is 0 Å². The summed E-state index contributed by atoms with van der Waals surface area (Å²) in [5, 5.41) is 0. The SMILES string of the molecule is CN(C)CCN(Cc1ccc(OS(=O)(=O)c2ccc(F)cc2)cc1)C(=O)/C=C/c1ccccc1. The summed E-state index contributed by atoms with van der Waals surface area (Å²) in [6.45, 7) is 1.58. The molecule has 0 aliphatic heterocycles. The Bertz CT molecular complexity index is 1210. The fourth-order valence-corrected chi connectivity index (χ4v) is 4.00. The van der Waals surface area contributed by atoms with Gasteiger partial charge in [0.2, 0.25) is 5.91 Å². The highest BCUT2D eigenvalue weighted by Crippen LogP contribution is 2.20. The zero-order valence-corrected chi connectivity index (χ0v) is 19.9. The highest BCUT2D eigenvalue weighted by Gasteiger charge is 2.17. The van der Waals surface area contributed by atoms with Crippen LogP contribution in [0.25, 0.3) is 6.08 Å². The van der Waals surface area contributed by atoms with Crippen LogP contribution in [0.15, 0.2) is 89.8 Å². The van der Waals surface area contributed by atoms with Crippen LogP contribution in [0.2, 0.25) is 0 Å². The minimum Gasteiger partial charge on any atom is -0.379 e. The van der Waals surface area contributed by atoms with E-state index in [1.165, 1.54) is 12.1 Å². The fraction of sp³-hybridized carbons (Fsp3) is 0.192. The van der Waals surface area contributed by atoms with Crippen molar-refractivity contribution in [1.82, 2.24) is 9.80 Å². The van der Waals surface area contributed by atoms with Crippen LogP contribution in [0.3, 0.4) is 0 Å². The highest BCUT2D eigenvalue weighted by molar-refractivity contribution is 7.87. The monoisotopic (exact) mass is 482 g/mol. The molecule has 0 aliphatic carbocycles. The van der Waals surface area contributed by atoms with Gasteiger partial charge in [-0.2, -0.15) is 8.42 Å². The summed E-state index contributed by atoms with van der Waals surface area (Å²) in [7, 11) is -0.196. The van der Waals surface area contributed by atoms with Gasteiger partial charge < -0.3 is 14.0 Å². The number of hydrogen-bond acceptors (Lipinski definition) is 5. The number of halogens is 1. The quantitative estimate of drug-likeness (QED) is 0.320. The second-order valence-electron chi connectivity index (χ2n) is 7.94. The third-order valence-electron chi connectivity index (χ3n) is 4.95. The molecule has 0 radical (unpaired) electrons. The van der Waals surface area contributed by atoms with Crippen LogP contribution in [-0.4, -0.2) is 51.3 Å². The Hall–Kier alpha value is -3.49. The summed E-state index contributed by atoms with van der Waals surface area (Å²) in [6.07, 6.45) is 3.33. The summed E-state index contributed by atoms with van der Waals surface area (Å²) >= 11 is 0. The molecule has 0 atom stereocenters. The second-order valence-corrected chi connectivity index (χ2v) is 9.49. The van der Waals surface area contributed by atoms with Crippen molar-refractivity contribution in [2.75, 3.05) is 27.2 Å². The Morgan fingerprint density at radius 3 is 2.18 bits per heavy atom. The summed E-state index contributed by atoms with van der Waals surface area (Å²) in [4.78, 5) is 16.4. The van der Waals surface area contributed by atoms with E-state index in [4.69, 9.17) is 4.18 Å². The topological polar surface area (TPSA) is 66.9 Å². The lowest BCUT2D eigenvalue weighted by molar-refractivity contribution is -0.126. The molecule has 8 heteroatoms. The van der Waals surface area contributed by atoms with Crippen molar-refractivity contribution >= 4 is 22.1 Å². The lowest BCUT2D eigenvalue weighted by atomic mass is 10.2. The van der Waals surface area contributed by atoms with Crippen molar-refractivity contribution in [2.45, 2.75) is 11.4 Å². The van der Waals surface area contributed by atoms with Gasteiger partial charge in [0.1, 0.15) is 16.5 Å². The molecule has 0 saturated carbocycles. The van der Waals surface area contributed by atoms with Gasteiger partial charge in [-0.15, -0.1) is 0 Å². The van der Waals surface area contributed by atoms with Crippen LogP contribution in [-0.2, 0) is 21.5 Å². The van der Waals surface area contributed by atoms with Gasteiger partial charge in [0, 0.05) is 25.7 Å². The zero-order chi connectivity index (χ0) is 24.6. The van der Waals surface area contributed by atoms with Crippen molar-refractivity contribution in [3.8, 4) is 5.75 Å². The van der Waals surface area contributed by atoms with Crippen molar-refractivity contribution < 1.29 is 21.8 Å². The van der Waals surface area contributed by atoms with Gasteiger partial charge in [0.25, 0.3) is 0 Å². The molecule has 0 aliphatic rings. The van der Waals surface area contributed by atoms with E-state index < -0.39 is 15.9 Å². The zero-order valence-electron chi connectivity index (χ0n) is 19.1. The average Bonchev–Trinajstić information content (AvgIpc) is 2.82. The Labute approximate surface area is 200 Å². The molecule has 34 heavy (non-hydrogen) atoms. The smallest absolute Gasteiger partial charge is 0.339 e. The van der Waals surface area contributed by atoms with Gasteiger partial charge in [-0.25, -0.2) is 4.39 Å². The van der Waals surface area contributed by atoms with E-state index >= 15 is 0 Å².